The average Bonchev–Trinajstić information content (AvgIpc) is 3.02. The monoisotopic (exact) mass is 392 g/mol. The van der Waals surface area contributed by atoms with Crippen LogP contribution in [0.1, 0.15) is 46.5 Å². The molecule has 5 atom stereocenters. The van der Waals surface area contributed by atoms with Crippen LogP contribution in [0, 0.1) is 28.6 Å². The number of ketones is 1. The van der Waals surface area contributed by atoms with E-state index in [4.69, 9.17) is 5.73 Å². The number of unbranched alkanes of at least 4 members (excludes halogenated alkanes) is 1. The summed E-state index contributed by atoms with van der Waals surface area (Å²) in [5, 5.41) is 8.66. The number of amides is 3. The number of carbonyl (C=O) groups excluding carboxylic acids is 4. The van der Waals surface area contributed by atoms with E-state index in [9.17, 15) is 19.2 Å². The summed E-state index contributed by atoms with van der Waals surface area (Å²) in [6, 6.07) is -0.672. The fourth-order valence-corrected chi connectivity index (χ4v) is 5.87. The maximum Gasteiger partial charge on any atom is 0.287 e. The van der Waals surface area contributed by atoms with E-state index in [1.165, 1.54) is 0 Å². The van der Waals surface area contributed by atoms with Crippen molar-refractivity contribution < 1.29 is 19.2 Å². The summed E-state index contributed by atoms with van der Waals surface area (Å²) < 4.78 is 0. The minimum Gasteiger partial charge on any atom is -0.368 e. The smallest absolute Gasteiger partial charge is 0.287 e. The highest BCUT2D eigenvalue weighted by atomic mass is 16.2. The van der Waals surface area contributed by atoms with Crippen LogP contribution in [0.15, 0.2) is 0 Å². The Kier molecular flexibility index (Phi) is 5.53. The summed E-state index contributed by atoms with van der Waals surface area (Å²) in [5.41, 5.74) is 4.65. The Bertz CT molecular complexity index is 692. The van der Waals surface area contributed by atoms with Crippen LogP contribution in [0.5, 0.6) is 0 Å². The second-order valence-electron chi connectivity index (χ2n) is 8.99. The maximum absolute atomic E-state index is 13.3. The Balaban J connectivity index is 1.92. The number of rotatable bonds is 9. The molecular formula is C20H32N4O4. The number of fused-ring (bicyclic) bond motifs is 1. The van der Waals surface area contributed by atoms with Gasteiger partial charge in [0.15, 0.2) is 0 Å². The lowest BCUT2D eigenvalue weighted by Gasteiger charge is -2.34. The topological polar surface area (TPSA) is 130 Å². The molecule has 5 N–H and O–H groups in total. The molecule has 0 radical (unpaired) electrons. The highest BCUT2D eigenvalue weighted by molar-refractivity contribution is 6.37. The molecule has 3 amide bonds. The number of nitrogens with two attached hydrogens (primary N) is 1. The standard InChI is InChI=1S/C20H32N4O4/c1-4-5-7-22-18(28)14(25)12(9-11-6-8-23-17(11)27)20-13(19(20,2)3)10-24-15(20)16(21)26/h11-13,15,24H,4-10H2,1-3H3,(H2,21,26)(H,22,28)(H,23,27)/t11-,12-,13?,15?,20?/m1/s1. The van der Waals surface area contributed by atoms with E-state index in [1.54, 1.807) is 0 Å². The first-order valence-corrected chi connectivity index (χ1v) is 10.3. The molecule has 0 aromatic heterocycles. The lowest BCUT2D eigenvalue weighted by atomic mass is 9.70. The van der Waals surface area contributed by atoms with Crippen molar-refractivity contribution in [2.24, 2.45) is 34.3 Å². The average molecular weight is 393 g/mol. The van der Waals surface area contributed by atoms with Gasteiger partial charge in [0.2, 0.25) is 17.6 Å². The summed E-state index contributed by atoms with van der Waals surface area (Å²) in [4.78, 5) is 50.3. The predicted molar refractivity (Wildman–Crippen MR) is 103 cm³/mol. The van der Waals surface area contributed by atoms with Gasteiger partial charge in [0.25, 0.3) is 5.91 Å². The number of primary amides is 1. The van der Waals surface area contributed by atoms with Crippen LogP contribution in [0.2, 0.25) is 0 Å². The number of carbonyl (C=O) groups is 4. The van der Waals surface area contributed by atoms with E-state index in [-0.39, 0.29) is 29.6 Å². The molecule has 8 nitrogen and oxygen atoms in total. The molecule has 1 saturated carbocycles. The Morgan fingerprint density at radius 1 is 1.32 bits per heavy atom. The van der Waals surface area contributed by atoms with E-state index in [0.717, 1.165) is 12.8 Å². The highest BCUT2D eigenvalue weighted by Crippen LogP contribution is 2.77. The molecule has 156 valence electrons. The maximum atomic E-state index is 13.3. The number of Topliss-reactive ketones (excluding diaryl/α,β-unsaturated/α-hetero) is 1. The van der Waals surface area contributed by atoms with Gasteiger partial charge in [0.05, 0.1) is 6.04 Å². The van der Waals surface area contributed by atoms with Gasteiger partial charge in [-0.2, -0.15) is 0 Å². The molecule has 0 bridgehead atoms. The third-order valence-electron chi connectivity index (χ3n) is 7.38. The molecule has 28 heavy (non-hydrogen) atoms. The molecule has 1 aliphatic carbocycles. The molecule has 0 aromatic carbocycles. The van der Waals surface area contributed by atoms with Crippen molar-refractivity contribution in [1.29, 1.82) is 0 Å². The van der Waals surface area contributed by atoms with E-state index >= 15 is 0 Å². The Labute approximate surface area is 165 Å². The first-order chi connectivity index (χ1) is 13.2. The zero-order valence-electron chi connectivity index (χ0n) is 17.0. The van der Waals surface area contributed by atoms with Crippen molar-refractivity contribution in [1.82, 2.24) is 16.0 Å². The Morgan fingerprint density at radius 2 is 2.04 bits per heavy atom. The van der Waals surface area contributed by atoms with Crippen LogP contribution in [0.3, 0.4) is 0 Å². The molecule has 3 rings (SSSR count). The first kappa shape index (κ1) is 20.8. The number of piperidine rings is 1. The fourth-order valence-electron chi connectivity index (χ4n) is 5.87. The van der Waals surface area contributed by atoms with Crippen LogP contribution < -0.4 is 21.7 Å². The minimum absolute atomic E-state index is 0.0688. The van der Waals surface area contributed by atoms with Crippen molar-refractivity contribution in [3.63, 3.8) is 0 Å². The molecule has 0 aromatic rings. The van der Waals surface area contributed by atoms with Crippen molar-refractivity contribution >= 4 is 23.5 Å². The molecule has 3 aliphatic rings. The quantitative estimate of drug-likeness (QED) is 0.316. The zero-order valence-corrected chi connectivity index (χ0v) is 17.0. The van der Waals surface area contributed by atoms with E-state index in [1.807, 2.05) is 20.8 Å². The third kappa shape index (κ3) is 3.02. The van der Waals surface area contributed by atoms with Gasteiger partial charge in [-0.25, -0.2) is 0 Å². The largest absolute Gasteiger partial charge is 0.368 e. The van der Waals surface area contributed by atoms with Crippen molar-refractivity contribution in [3.05, 3.63) is 0 Å². The molecule has 2 saturated heterocycles. The first-order valence-electron chi connectivity index (χ1n) is 10.3. The number of hydrogen-bond donors (Lipinski definition) is 4. The molecule has 0 spiro atoms. The van der Waals surface area contributed by atoms with Crippen molar-refractivity contribution in [2.45, 2.75) is 52.5 Å². The lowest BCUT2D eigenvalue weighted by molar-refractivity contribution is -0.143. The SMILES string of the molecule is CCCCNC(=O)C(=O)[C@@H](C[C@H]1CCNC1=O)C12C(C(N)=O)NCC1C2(C)C. The van der Waals surface area contributed by atoms with Gasteiger partial charge in [0, 0.05) is 30.3 Å². The van der Waals surface area contributed by atoms with Gasteiger partial charge in [-0.3, -0.25) is 19.2 Å². The Morgan fingerprint density at radius 3 is 2.57 bits per heavy atom. The van der Waals surface area contributed by atoms with E-state index < -0.39 is 35.0 Å². The number of nitrogens with one attached hydrogen (secondary N) is 3. The van der Waals surface area contributed by atoms with Crippen LogP contribution in [0.4, 0.5) is 0 Å². The number of hydrogen-bond acceptors (Lipinski definition) is 5. The third-order valence-corrected chi connectivity index (χ3v) is 7.38. The predicted octanol–water partition coefficient (Wildman–Crippen LogP) is -0.286. The second-order valence-corrected chi connectivity index (χ2v) is 8.99. The van der Waals surface area contributed by atoms with Gasteiger partial charge < -0.3 is 21.7 Å². The molecule has 8 heteroatoms. The summed E-state index contributed by atoms with van der Waals surface area (Å²) in [6.45, 7) is 7.66. The molecule has 2 heterocycles. The van der Waals surface area contributed by atoms with E-state index in [0.29, 0.717) is 26.1 Å². The van der Waals surface area contributed by atoms with Crippen LogP contribution >= 0.6 is 0 Å². The normalized spacial score (nSPS) is 33.7. The van der Waals surface area contributed by atoms with Gasteiger partial charge in [0.1, 0.15) is 0 Å². The van der Waals surface area contributed by atoms with Crippen molar-refractivity contribution in [3.8, 4) is 0 Å². The zero-order chi connectivity index (χ0) is 20.7. The summed E-state index contributed by atoms with van der Waals surface area (Å²) in [5.74, 6) is -2.71. The summed E-state index contributed by atoms with van der Waals surface area (Å²) >= 11 is 0. The van der Waals surface area contributed by atoms with E-state index in [2.05, 4.69) is 16.0 Å². The minimum atomic E-state index is -0.721. The van der Waals surface area contributed by atoms with Crippen LogP contribution in [-0.4, -0.2) is 49.2 Å². The fraction of sp³-hybridized carbons (Fsp3) is 0.800. The second kappa shape index (κ2) is 7.46. The molecular weight excluding hydrogens is 360 g/mol. The molecule has 3 unspecified atom stereocenters. The van der Waals surface area contributed by atoms with Gasteiger partial charge in [-0.1, -0.05) is 27.2 Å². The lowest BCUT2D eigenvalue weighted by Crippen LogP contribution is -2.53. The summed E-state index contributed by atoms with van der Waals surface area (Å²) in [6.07, 6.45) is 2.61. The molecule has 2 aliphatic heterocycles. The van der Waals surface area contributed by atoms with Crippen molar-refractivity contribution in [2.75, 3.05) is 19.6 Å². The van der Waals surface area contributed by atoms with Gasteiger partial charge in [-0.05, 0) is 37.1 Å². The van der Waals surface area contributed by atoms with Gasteiger partial charge >= 0.3 is 0 Å². The Hall–Kier alpha value is -1.96. The highest BCUT2D eigenvalue weighted by Gasteiger charge is 2.81. The van der Waals surface area contributed by atoms with Crippen LogP contribution in [-0.2, 0) is 19.2 Å². The summed E-state index contributed by atoms with van der Waals surface area (Å²) in [7, 11) is 0. The molecule has 3 fully saturated rings. The van der Waals surface area contributed by atoms with Crippen LogP contribution in [0.25, 0.3) is 0 Å². The van der Waals surface area contributed by atoms with Gasteiger partial charge in [-0.15, -0.1) is 0 Å².